The van der Waals surface area contributed by atoms with Gasteiger partial charge in [-0.25, -0.2) is 9.78 Å². The molecule has 5 nitrogen and oxygen atoms in total. The van der Waals surface area contributed by atoms with Gasteiger partial charge in [0, 0.05) is 6.54 Å². The van der Waals surface area contributed by atoms with E-state index in [1.807, 2.05) is 0 Å². The minimum atomic E-state index is -1.06. The lowest BCUT2D eigenvalue weighted by atomic mass is 9.97. The number of hydrogen-bond donors (Lipinski definition) is 3. The van der Waals surface area contributed by atoms with Crippen LogP contribution in [0, 0.1) is 5.41 Å². The van der Waals surface area contributed by atoms with E-state index in [-0.39, 0.29) is 11.1 Å². The van der Waals surface area contributed by atoms with Gasteiger partial charge in [-0.1, -0.05) is 20.8 Å². The van der Waals surface area contributed by atoms with Crippen molar-refractivity contribution in [3.63, 3.8) is 0 Å². The van der Waals surface area contributed by atoms with E-state index in [9.17, 15) is 4.79 Å². The molecule has 16 heavy (non-hydrogen) atoms. The van der Waals surface area contributed by atoms with Crippen LogP contribution in [0.3, 0.4) is 0 Å². The molecule has 0 radical (unpaired) electrons. The van der Waals surface area contributed by atoms with Crippen molar-refractivity contribution >= 4 is 17.5 Å². The van der Waals surface area contributed by atoms with E-state index in [0.29, 0.717) is 18.1 Å². The van der Waals surface area contributed by atoms with Gasteiger partial charge in [-0.15, -0.1) is 0 Å². The van der Waals surface area contributed by atoms with E-state index in [1.165, 1.54) is 6.07 Å². The summed E-state index contributed by atoms with van der Waals surface area (Å²) in [5.74, 6) is -0.631. The van der Waals surface area contributed by atoms with Crippen LogP contribution in [0.2, 0.25) is 0 Å². The molecule has 88 valence electrons. The van der Waals surface area contributed by atoms with Crippen molar-refractivity contribution in [2.75, 3.05) is 17.6 Å². The lowest BCUT2D eigenvalue weighted by Gasteiger charge is -2.19. The number of pyridine rings is 1. The fourth-order valence-corrected chi connectivity index (χ4v) is 1.08. The number of carboxylic acid groups (broad SMARTS) is 1. The Labute approximate surface area is 94.7 Å². The Morgan fingerprint density at radius 3 is 2.62 bits per heavy atom. The quantitative estimate of drug-likeness (QED) is 0.727. The summed E-state index contributed by atoms with van der Waals surface area (Å²) in [4.78, 5) is 14.7. The van der Waals surface area contributed by atoms with Gasteiger partial charge in [0.05, 0.1) is 5.69 Å². The molecule has 0 aliphatic rings. The van der Waals surface area contributed by atoms with Crippen LogP contribution in [0.1, 0.15) is 31.3 Å². The second-order valence-corrected chi connectivity index (χ2v) is 4.85. The zero-order valence-electron chi connectivity index (χ0n) is 9.74. The Kier molecular flexibility index (Phi) is 3.37. The summed E-state index contributed by atoms with van der Waals surface area (Å²) in [5, 5.41) is 11.8. The number of nitrogens with zero attached hydrogens (tertiary/aromatic N) is 1. The Morgan fingerprint density at radius 2 is 2.12 bits per heavy atom. The molecule has 1 aromatic rings. The maximum absolute atomic E-state index is 10.7. The first kappa shape index (κ1) is 12.3. The topological polar surface area (TPSA) is 88.2 Å². The smallest absolute Gasteiger partial charge is 0.354 e. The molecule has 5 heteroatoms. The highest BCUT2D eigenvalue weighted by atomic mass is 16.4. The number of anilines is 2. The molecule has 0 unspecified atom stereocenters. The van der Waals surface area contributed by atoms with Gasteiger partial charge in [0.25, 0.3) is 0 Å². The van der Waals surface area contributed by atoms with E-state index in [2.05, 4.69) is 31.1 Å². The molecule has 0 aromatic carbocycles. The van der Waals surface area contributed by atoms with Crippen LogP contribution in [0.15, 0.2) is 12.1 Å². The first-order valence-electron chi connectivity index (χ1n) is 5.03. The summed E-state index contributed by atoms with van der Waals surface area (Å²) in [6.07, 6.45) is 0. The number of carbonyl (C=O) groups is 1. The minimum Gasteiger partial charge on any atom is -0.477 e. The van der Waals surface area contributed by atoms with Crippen LogP contribution in [0.25, 0.3) is 0 Å². The van der Waals surface area contributed by atoms with Crippen LogP contribution in [-0.4, -0.2) is 22.6 Å². The predicted molar refractivity (Wildman–Crippen MR) is 63.6 cm³/mol. The van der Waals surface area contributed by atoms with Crippen molar-refractivity contribution < 1.29 is 9.90 Å². The van der Waals surface area contributed by atoms with Gasteiger partial charge in [-0.05, 0) is 17.5 Å². The Morgan fingerprint density at radius 1 is 1.50 bits per heavy atom. The zero-order chi connectivity index (χ0) is 12.3. The Hall–Kier alpha value is -1.78. The van der Waals surface area contributed by atoms with Gasteiger partial charge in [-0.2, -0.15) is 0 Å². The molecular weight excluding hydrogens is 206 g/mol. The van der Waals surface area contributed by atoms with Crippen molar-refractivity contribution in [3.8, 4) is 0 Å². The molecule has 4 N–H and O–H groups in total. The molecule has 1 aromatic heterocycles. The Balaban J connectivity index is 2.86. The van der Waals surface area contributed by atoms with Crippen LogP contribution in [-0.2, 0) is 0 Å². The third-order valence-corrected chi connectivity index (χ3v) is 1.93. The van der Waals surface area contributed by atoms with Crippen LogP contribution < -0.4 is 11.1 Å². The summed E-state index contributed by atoms with van der Waals surface area (Å²) in [6.45, 7) is 6.87. The maximum atomic E-state index is 10.7. The van der Waals surface area contributed by atoms with Crippen LogP contribution in [0.4, 0.5) is 11.5 Å². The van der Waals surface area contributed by atoms with Crippen LogP contribution >= 0.6 is 0 Å². The second-order valence-electron chi connectivity index (χ2n) is 4.85. The summed E-state index contributed by atoms with van der Waals surface area (Å²) in [5.41, 5.74) is 6.22. The molecular formula is C11H17N3O2. The molecule has 0 saturated heterocycles. The van der Waals surface area contributed by atoms with Crippen molar-refractivity contribution in [3.05, 3.63) is 17.8 Å². The van der Waals surface area contributed by atoms with Crippen molar-refractivity contribution in [1.82, 2.24) is 4.98 Å². The highest BCUT2D eigenvalue weighted by molar-refractivity contribution is 5.86. The fraction of sp³-hybridized carbons (Fsp3) is 0.455. The van der Waals surface area contributed by atoms with Gasteiger partial charge >= 0.3 is 5.97 Å². The van der Waals surface area contributed by atoms with Crippen molar-refractivity contribution in [1.29, 1.82) is 0 Å². The van der Waals surface area contributed by atoms with E-state index in [1.54, 1.807) is 6.07 Å². The Bertz CT molecular complexity index is 397. The number of nitrogens with two attached hydrogens (primary N) is 1. The normalized spacial score (nSPS) is 11.2. The van der Waals surface area contributed by atoms with E-state index < -0.39 is 5.97 Å². The number of rotatable bonds is 3. The molecule has 1 rings (SSSR count). The summed E-state index contributed by atoms with van der Waals surface area (Å²) in [7, 11) is 0. The molecule has 0 aliphatic carbocycles. The van der Waals surface area contributed by atoms with E-state index in [4.69, 9.17) is 10.8 Å². The number of carboxylic acids is 1. The average molecular weight is 223 g/mol. The third-order valence-electron chi connectivity index (χ3n) is 1.93. The highest BCUT2D eigenvalue weighted by Crippen LogP contribution is 2.19. The van der Waals surface area contributed by atoms with E-state index >= 15 is 0 Å². The first-order valence-corrected chi connectivity index (χ1v) is 5.03. The number of aromatic carboxylic acids is 1. The molecule has 0 atom stereocenters. The summed E-state index contributed by atoms with van der Waals surface area (Å²) in [6, 6.07) is 2.93. The maximum Gasteiger partial charge on any atom is 0.354 e. The van der Waals surface area contributed by atoms with Crippen molar-refractivity contribution in [2.45, 2.75) is 20.8 Å². The van der Waals surface area contributed by atoms with Crippen LogP contribution in [0.5, 0.6) is 0 Å². The summed E-state index contributed by atoms with van der Waals surface area (Å²) >= 11 is 0. The molecule has 0 aliphatic heterocycles. The predicted octanol–water partition coefficient (Wildman–Crippen LogP) is 1.82. The highest BCUT2D eigenvalue weighted by Gasteiger charge is 2.13. The van der Waals surface area contributed by atoms with E-state index in [0.717, 1.165) is 0 Å². The van der Waals surface area contributed by atoms with Gasteiger partial charge in [0.15, 0.2) is 5.69 Å². The lowest BCUT2D eigenvalue weighted by Crippen LogP contribution is -2.20. The molecule has 0 amide bonds. The minimum absolute atomic E-state index is 0.00870. The van der Waals surface area contributed by atoms with Gasteiger partial charge in [0.1, 0.15) is 5.82 Å². The second kappa shape index (κ2) is 4.38. The van der Waals surface area contributed by atoms with Gasteiger partial charge in [-0.3, -0.25) is 0 Å². The third kappa shape index (κ3) is 3.42. The van der Waals surface area contributed by atoms with Crippen molar-refractivity contribution in [2.24, 2.45) is 5.41 Å². The lowest BCUT2D eigenvalue weighted by molar-refractivity contribution is 0.0690. The van der Waals surface area contributed by atoms with Gasteiger partial charge in [0.2, 0.25) is 0 Å². The molecule has 0 bridgehead atoms. The summed E-state index contributed by atoms with van der Waals surface area (Å²) < 4.78 is 0. The fourth-order valence-electron chi connectivity index (χ4n) is 1.08. The standard InChI is InChI=1S/C11H17N3O2/c1-11(2,3)6-13-9-7(12)4-5-8(14-9)10(15)16/h4-5H,6,12H2,1-3H3,(H,13,14)(H,15,16). The average Bonchev–Trinajstić information content (AvgIpc) is 2.14. The SMILES string of the molecule is CC(C)(C)CNc1nc(C(=O)O)ccc1N. The van der Waals surface area contributed by atoms with Gasteiger partial charge < -0.3 is 16.2 Å². The molecule has 0 spiro atoms. The zero-order valence-corrected chi connectivity index (χ0v) is 9.74. The monoisotopic (exact) mass is 223 g/mol. The first-order chi connectivity index (χ1) is 7.29. The number of nitrogen functional groups attached to an aromatic ring is 1. The number of hydrogen-bond acceptors (Lipinski definition) is 4. The number of nitrogens with one attached hydrogen (secondary N) is 1. The largest absolute Gasteiger partial charge is 0.477 e. The number of aromatic nitrogens is 1. The molecule has 1 heterocycles. The molecule has 0 fully saturated rings. The molecule has 0 saturated carbocycles.